The number of aromatic nitrogens is 3. The summed E-state index contributed by atoms with van der Waals surface area (Å²) in [5.41, 5.74) is 2.27. The van der Waals surface area contributed by atoms with Crippen molar-refractivity contribution in [1.29, 1.82) is 0 Å². The van der Waals surface area contributed by atoms with E-state index in [1.807, 2.05) is 18.3 Å². The number of rotatable bonds is 5. The van der Waals surface area contributed by atoms with E-state index in [0.29, 0.717) is 18.4 Å². The van der Waals surface area contributed by atoms with Crippen molar-refractivity contribution in [1.82, 2.24) is 14.4 Å². The van der Waals surface area contributed by atoms with Crippen LogP contribution >= 0.6 is 0 Å². The summed E-state index contributed by atoms with van der Waals surface area (Å²) in [4.78, 5) is 22.7. The zero-order valence-electron chi connectivity index (χ0n) is 15.7. The molecule has 0 bridgehead atoms. The van der Waals surface area contributed by atoms with Crippen LogP contribution in [0.3, 0.4) is 0 Å². The van der Waals surface area contributed by atoms with Crippen molar-refractivity contribution < 1.29 is 9.53 Å². The van der Waals surface area contributed by atoms with E-state index in [-0.39, 0.29) is 24.1 Å². The van der Waals surface area contributed by atoms with Gasteiger partial charge in [-0.05, 0) is 42.7 Å². The Kier molecular flexibility index (Phi) is 4.43. The summed E-state index contributed by atoms with van der Waals surface area (Å²) >= 11 is 0. The first-order chi connectivity index (χ1) is 13.0. The van der Waals surface area contributed by atoms with Gasteiger partial charge in [0.25, 0.3) is 0 Å². The number of carbonyl (C=O) groups is 1. The van der Waals surface area contributed by atoms with Crippen LogP contribution in [0.15, 0.2) is 48.9 Å². The first-order valence-electron chi connectivity index (χ1n) is 9.15. The average Bonchev–Trinajstić information content (AvgIpc) is 3.25. The van der Waals surface area contributed by atoms with Gasteiger partial charge in [0.2, 0.25) is 5.95 Å². The Bertz CT molecular complexity index is 935. The van der Waals surface area contributed by atoms with Crippen molar-refractivity contribution in [2.45, 2.75) is 32.9 Å². The summed E-state index contributed by atoms with van der Waals surface area (Å²) < 4.78 is 7.30. The fourth-order valence-electron chi connectivity index (χ4n) is 3.33. The Balaban J connectivity index is 1.56. The topological polar surface area (TPSA) is 71.8 Å². The van der Waals surface area contributed by atoms with Crippen LogP contribution in [0.5, 0.6) is 0 Å². The van der Waals surface area contributed by atoms with Gasteiger partial charge in [-0.25, -0.2) is 9.78 Å². The van der Waals surface area contributed by atoms with Crippen molar-refractivity contribution in [2.75, 3.05) is 16.8 Å². The van der Waals surface area contributed by atoms with Crippen molar-refractivity contribution in [3.63, 3.8) is 0 Å². The molecule has 0 aliphatic carbocycles. The fourth-order valence-corrected chi connectivity index (χ4v) is 3.33. The molecule has 0 spiro atoms. The Hall–Kier alpha value is -3.09. The first kappa shape index (κ1) is 17.3. The quantitative estimate of drug-likeness (QED) is 0.743. The second-order valence-electron chi connectivity index (χ2n) is 7.17. The third-order valence-corrected chi connectivity index (χ3v) is 4.93. The van der Waals surface area contributed by atoms with Crippen molar-refractivity contribution in [3.05, 3.63) is 54.5 Å². The molecule has 1 amide bonds. The first-order valence-corrected chi connectivity index (χ1v) is 9.15. The van der Waals surface area contributed by atoms with Crippen LogP contribution in [0.4, 0.5) is 16.6 Å². The molecule has 3 aromatic rings. The van der Waals surface area contributed by atoms with E-state index in [1.165, 1.54) is 0 Å². The van der Waals surface area contributed by atoms with E-state index in [4.69, 9.17) is 4.74 Å². The Morgan fingerprint density at radius 3 is 2.89 bits per heavy atom. The number of fused-ring (bicyclic) bond motifs is 1. The lowest BCUT2D eigenvalue weighted by Crippen LogP contribution is -2.37. The maximum Gasteiger partial charge on any atom is 0.415 e. The molecule has 1 aliphatic rings. The lowest BCUT2D eigenvalue weighted by atomic mass is 10.0. The van der Waals surface area contributed by atoms with Gasteiger partial charge >= 0.3 is 6.09 Å². The van der Waals surface area contributed by atoms with Gasteiger partial charge in [-0.15, -0.1) is 0 Å². The molecule has 4 heterocycles. The van der Waals surface area contributed by atoms with Crippen LogP contribution in [0.25, 0.3) is 5.52 Å². The summed E-state index contributed by atoms with van der Waals surface area (Å²) in [6.45, 7) is 6.59. The molecule has 0 aromatic carbocycles. The van der Waals surface area contributed by atoms with Gasteiger partial charge in [0.1, 0.15) is 12.4 Å². The SMILES string of the molecule is CC(Nc1nccc(N2C(=O)OC[C@@H]2C(C)C)n1)c1cc2ccccn2c1. The second-order valence-corrected chi connectivity index (χ2v) is 7.17. The Morgan fingerprint density at radius 1 is 1.26 bits per heavy atom. The van der Waals surface area contributed by atoms with Crippen LogP contribution in [-0.4, -0.2) is 33.1 Å². The highest BCUT2D eigenvalue weighted by atomic mass is 16.6. The zero-order valence-corrected chi connectivity index (χ0v) is 15.7. The highest BCUT2D eigenvalue weighted by Gasteiger charge is 2.37. The molecule has 2 atom stereocenters. The molecule has 7 nitrogen and oxygen atoms in total. The van der Waals surface area contributed by atoms with Gasteiger partial charge in [0, 0.05) is 24.1 Å². The minimum atomic E-state index is -0.356. The fraction of sp³-hybridized carbons (Fsp3) is 0.350. The van der Waals surface area contributed by atoms with Gasteiger partial charge in [0.05, 0.1) is 12.1 Å². The number of ether oxygens (including phenoxy) is 1. The smallest absolute Gasteiger partial charge is 0.415 e. The summed E-state index contributed by atoms with van der Waals surface area (Å²) in [6, 6.07) is 9.96. The van der Waals surface area contributed by atoms with Crippen molar-refractivity contribution in [3.8, 4) is 0 Å². The minimum absolute atomic E-state index is 0.0190. The number of hydrogen-bond donors (Lipinski definition) is 1. The number of nitrogens with zero attached hydrogens (tertiary/aromatic N) is 4. The minimum Gasteiger partial charge on any atom is -0.447 e. The summed E-state index contributed by atoms with van der Waals surface area (Å²) in [5, 5.41) is 3.33. The van der Waals surface area contributed by atoms with E-state index >= 15 is 0 Å². The Labute approximate surface area is 158 Å². The summed E-state index contributed by atoms with van der Waals surface area (Å²) in [7, 11) is 0. The normalized spacial score (nSPS) is 18.1. The van der Waals surface area contributed by atoms with Gasteiger partial charge in [0.15, 0.2) is 0 Å². The maximum absolute atomic E-state index is 12.2. The zero-order chi connectivity index (χ0) is 19.0. The molecular formula is C20H23N5O2. The standard InChI is InChI=1S/C20H23N5O2/c1-13(2)17-12-27-20(26)25(17)18-7-8-21-19(23-18)22-14(3)15-10-16-6-4-5-9-24(16)11-15/h4-11,13-14,17H,12H2,1-3H3,(H,21,22,23)/t14?,17-/m1/s1. The van der Waals surface area contributed by atoms with Crippen molar-refractivity contribution >= 4 is 23.4 Å². The van der Waals surface area contributed by atoms with E-state index in [1.54, 1.807) is 17.2 Å². The molecule has 1 saturated heterocycles. The molecule has 27 heavy (non-hydrogen) atoms. The molecule has 140 valence electrons. The molecule has 1 aliphatic heterocycles. The average molecular weight is 365 g/mol. The van der Waals surface area contributed by atoms with E-state index in [9.17, 15) is 4.79 Å². The summed E-state index contributed by atoms with van der Waals surface area (Å²) in [6.07, 6.45) is 5.42. The van der Waals surface area contributed by atoms with Crippen LogP contribution in [0, 0.1) is 5.92 Å². The molecule has 1 fully saturated rings. The predicted octanol–water partition coefficient (Wildman–Crippen LogP) is 3.88. The highest BCUT2D eigenvalue weighted by Crippen LogP contribution is 2.27. The molecular weight excluding hydrogens is 342 g/mol. The summed E-state index contributed by atoms with van der Waals surface area (Å²) in [5.74, 6) is 1.32. The van der Waals surface area contributed by atoms with Gasteiger partial charge in [-0.3, -0.25) is 4.90 Å². The Morgan fingerprint density at radius 2 is 2.11 bits per heavy atom. The molecule has 7 heteroatoms. The van der Waals surface area contributed by atoms with Crippen molar-refractivity contribution in [2.24, 2.45) is 5.92 Å². The van der Waals surface area contributed by atoms with Crippen LogP contribution in [0.1, 0.15) is 32.4 Å². The van der Waals surface area contributed by atoms with Gasteiger partial charge in [-0.2, -0.15) is 4.98 Å². The lowest BCUT2D eigenvalue weighted by Gasteiger charge is -2.23. The number of cyclic esters (lactones) is 1. The van der Waals surface area contributed by atoms with Gasteiger partial charge in [-0.1, -0.05) is 19.9 Å². The number of pyridine rings is 1. The number of amides is 1. The molecule has 1 unspecified atom stereocenters. The monoisotopic (exact) mass is 365 g/mol. The van der Waals surface area contributed by atoms with Crippen LogP contribution in [-0.2, 0) is 4.74 Å². The van der Waals surface area contributed by atoms with Crippen LogP contribution < -0.4 is 10.2 Å². The number of anilines is 2. The molecule has 0 radical (unpaired) electrons. The number of hydrogen-bond acceptors (Lipinski definition) is 5. The number of carbonyl (C=O) groups excluding carboxylic acids is 1. The molecule has 3 aromatic heterocycles. The number of nitrogens with one attached hydrogen (secondary N) is 1. The molecule has 1 N–H and O–H groups in total. The highest BCUT2D eigenvalue weighted by molar-refractivity contribution is 5.89. The van der Waals surface area contributed by atoms with E-state index < -0.39 is 0 Å². The van der Waals surface area contributed by atoms with Gasteiger partial charge < -0.3 is 14.5 Å². The second kappa shape index (κ2) is 6.90. The molecule has 4 rings (SSSR count). The lowest BCUT2D eigenvalue weighted by molar-refractivity contribution is 0.177. The largest absolute Gasteiger partial charge is 0.447 e. The van der Waals surface area contributed by atoms with E-state index in [2.05, 4.69) is 58.8 Å². The van der Waals surface area contributed by atoms with E-state index in [0.717, 1.165) is 11.1 Å². The third-order valence-electron chi connectivity index (χ3n) is 4.93. The maximum atomic E-state index is 12.2. The third kappa shape index (κ3) is 3.32. The van der Waals surface area contributed by atoms with Crippen LogP contribution in [0.2, 0.25) is 0 Å². The predicted molar refractivity (Wildman–Crippen MR) is 104 cm³/mol. The molecule has 0 saturated carbocycles.